The van der Waals surface area contributed by atoms with Gasteiger partial charge in [-0.15, -0.1) is 0 Å². The Bertz CT molecular complexity index is 915. The van der Waals surface area contributed by atoms with E-state index >= 15 is 0 Å². The zero-order chi connectivity index (χ0) is 20.1. The number of benzene rings is 2. The van der Waals surface area contributed by atoms with Gasteiger partial charge in [0.1, 0.15) is 17.2 Å². The fourth-order valence-corrected chi connectivity index (χ4v) is 2.78. The number of Topliss-reactive ketones (excluding diaryl/α,β-unsaturated/α-hetero) is 1. The van der Waals surface area contributed by atoms with Gasteiger partial charge in [-0.1, -0.05) is 18.2 Å². The van der Waals surface area contributed by atoms with Gasteiger partial charge in [0, 0.05) is 11.6 Å². The summed E-state index contributed by atoms with van der Waals surface area (Å²) in [6.07, 6.45) is 0.901. The second-order valence-corrected chi connectivity index (χ2v) is 6.08. The summed E-state index contributed by atoms with van der Waals surface area (Å²) in [5, 5.41) is 0. The molecule has 0 fully saturated rings. The van der Waals surface area contributed by atoms with Crippen LogP contribution < -0.4 is 14.2 Å². The first-order valence-corrected chi connectivity index (χ1v) is 9.16. The van der Waals surface area contributed by atoms with Crippen molar-refractivity contribution in [3.8, 4) is 17.2 Å². The number of rotatable bonds is 7. The summed E-state index contributed by atoms with van der Waals surface area (Å²) >= 11 is 0. The van der Waals surface area contributed by atoms with E-state index in [4.69, 9.17) is 18.9 Å². The van der Waals surface area contributed by atoms with E-state index in [-0.39, 0.29) is 18.1 Å². The lowest BCUT2D eigenvalue weighted by molar-refractivity contribution is -0.150. The van der Waals surface area contributed by atoms with Crippen LogP contribution in [0.2, 0.25) is 0 Å². The Labute approximate surface area is 163 Å². The van der Waals surface area contributed by atoms with Crippen molar-refractivity contribution in [3.05, 3.63) is 59.4 Å². The first kappa shape index (κ1) is 19.5. The molecule has 2 aromatic carbocycles. The van der Waals surface area contributed by atoms with Crippen LogP contribution in [0.5, 0.6) is 17.2 Å². The number of hydrogen-bond donors (Lipinski definition) is 0. The maximum absolute atomic E-state index is 12.6. The number of carbonyl (C=O) groups excluding carboxylic acids is 2. The summed E-state index contributed by atoms with van der Waals surface area (Å²) < 4.78 is 21.9. The fourth-order valence-electron chi connectivity index (χ4n) is 2.78. The maximum atomic E-state index is 12.6. The number of allylic oxidation sites excluding steroid dienone is 1. The van der Waals surface area contributed by atoms with Crippen LogP contribution in [0.4, 0.5) is 0 Å². The van der Waals surface area contributed by atoms with E-state index in [2.05, 4.69) is 0 Å². The number of para-hydroxylation sites is 1. The molecule has 0 saturated heterocycles. The second-order valence-electron chi connectivity index (χ2n) is 6.08. The summed E-state index contributed by atoms with van der Waals surface area (Å²) in [5.74, 6) is 1.02. The molecule has 0 bridgehead atoms. The molecule has 0 saturated carbocycles. The fraction of sp³-hybridized carbons (Fsp3) is 0.273. The highest BCUT2D eigenvalue weighted by atomic mass is 16.6. The Morgan fingerprint density at radius 3 is 2.68 bits per heavy atom. The van der Waals surface area contributed by atoms with Crippen LogP contribution in [0.25, 0.3) is 6.08 Å². The highest BCUT2D eigenvalue weighted by molar-refractivity contribution is 6.14. The molecule has 28 heavy (non-hydrogen) atoms. The Kier molecular flexibility index (Phi) is 5.99. The highest BCUT2D eigenvalue weighted by Crippen LogP contribution is 2.36. The molecule has 1 aliphatic heterocycles. The maximum Gasteiger partial charge on any atom is 0.347 e. The number of carbonyl (C=O) groups is 2. The van der Waals surface area contributed by atoms with E-state index in [1.54, 1.807) is 38.1 Å². The molecule has 0 N–H and O–H groups in total. The molecular formula is C22H22O6. The molecule has 0 unspecified atom stereocenters. The lowest BCUT2D eigenvalue weighted by Gasteiger charge is -2.13. The van der Waals surface area contributed by atoms with E-state index < -0.39 is 12.1 Å². The van der Waals surface area contributed by atoms with Gasteiger partial charge in [0.15, 0.2) is 11.9 Å². The summed E-state index contributed by atoms with van der Waals surface area (Å²) in [4.78, 5) is 24.4. The molecule has 3 rings (SSSR count). The summed E-state index contributed by atoms with van der Waals surface area (Å²) in [6, 6.07) is 12.3. The van der Waals surface area contributed by atoms with Gasteiger partial charge in [0.25, 0.3) is 0 Å². The van der Waals surface area contributed by atoms with Gasteiger partial charge >= 0.3 is 5.97 Å². The minimum absolute atomic E-state index is 0.206. The topological polar surface area (TPSA) is 71.1 Å². The third-order valence-electron chi connectivity index (χ3n) is 4.08. The largest absolute Gasteiger partial charge is 0.493 e. The molecule has 6 nitrogen and oxygen atoms in total. The average molecular weight is 382 g/mol. The summed E-state index contributed by atoms with van der Waals surface area (Å²) in [5.41, 5.74) is 1.20. The smallest absolute Gasteiger partial charge is 0.347 e. The molecular weight excluding hydrogens is 360 g/mol. The first-order valence-electron chi connectivity index (χ1n) is 9.16. The molecule has 6 heteroatoms. The van der Waals surface area contributed by atoms with Gasteiger partial charge < -0.3 is 18.9 Å². The van der Waals surface area contributed by atoms with Crippen molar-refractivity contribution in [2.75, 3.05) is 13.2 Å². The predicted octanol–water partition coefficient (Wildman–Crippen LogP) is 4.03. The normalized spacial score (nSPS) is 15.0. The first-order chi connectivity index (χ1) is 13.5. The van der Waals surface area contributed by atoms with E-state index in [1.807, 2.05) is 31.2 Å². The van der Waals surface area contributed by atoms with Crippen LogP contribution in [-0.2, 0) is 9.53 Å². The van der Waals surface area contributed by atoms with Crippen molar-refractivity contribution in [2.24, 2.45) is 0 Å². The third-order valence-corrected chi connectivity index (χ3v) is 4.08. The second kappa shape index (κ2) is 8.61. The standard InChI is InChI=1S/C22H22O6/c1-4-25-18-9-7-6-8-15(18)12-20-21(23)17-11-10-16(13-19(17)28-20)27-14(3)22(24)26-5-2/h6-14H,4-5H2,1-3H3/t14-/m0/s1. The van der Waals surface area contributed by atoms with Crippen molar-refractivity contribution < 1.29 is 28.5 Å². The van der Waals surface area contributed by atoms with Crippen molar-refractivity contribution in [2.45, 2.75) is 26.9 Å². The minimum atomic E-state index is -0.761. The molecule has 0 amide bonds. The average Bonchev–Trinajstić information content (AvgIpc) is 2.98. The Balaban J connectivity index is 1.81. The molecule has 1 atom stereocenters. The van der Waals surface area contributed by atoms with Crippen LogP contribution >= 0.6 is 0 Å². The Morgan fingerprint density at radius 1 is 1.14 bits per heavy atom. The molecule has 1 aliphatic rings. The van der Waals surface area contributed by atoms with E-state index in [0.29, 0.717) is 29.4 Å². The van der Waals surface area contributed by atoms with E-state index in [0.717, 1.165) is 5.56 Å². The van der Waals surface area contributed by atoms with Crippen molar-refractivity contribution >= 4 is 17.8 Å². The molecule has 0 radical (unpaired) electrons. The van der Waals surface area contributed by atoms with Crippen LogP contribution in [0.1, 0.15) is 36.7 Å². The summed E-state index contributed by atoms with van der Waals surface area (Å²) in [7, 11) is 0. The zero-order valence-corrected chi connectivity index (χ0v) is 16.1. The van der Waals surface area contributed by atoms with Gasteiger partial charge in [-0.3, -0.25) is 4.79 Å². The zero-order valence-electron chi connectivity index (χ0n) is 16.1. The molecule has 0 spiro atoms. The number of hydrogen-bond acceptors (Lipinski definition) is 6. The molecule has 1 heterocycles. The van der Waals surface area contributed by atoms with Crippen LogP contribution in [0.15, 0.2) is 48.2 Å². The van der Waals surface area contributed by atoms with Gasteiger partial charge in [-0.25, -0.2) is 4.79 Å². The molecule has 2 aromatic rings. The van der Waals surface area contributed by atoms with Gasteiger partial charge in [-0.05, 0) is 45.0 Å². The number of ether oxygens (including phenoxy) is 4. The van der Waals surface area contributed by atoms with Crippen LogP contribution in [0, 0.1) is 0 Å². The van der Waals surface area contributed by atoms with Crippen molar-refractivity contribution in [3.63, 3.8) is 0 Å². The predicted molar refractivity (Wildman–Crippen MR) is 104 cm³/mol. The lowest BCUT2D eigenvalue weighted by atomic mass is 10.1. The Morgan fingerprint density at radius 2 is 1.93 bits per heavy atom. The lowest BCUT2D eigenvalue weighted by Crippen LogP contribution is -2.26. The molecule has 0 aromatic heterocycles. The minimum Gasteiger partial charge on any atom is -0.493 e. The van der Waals surface area contributed by atoms with Crippen LogP contribution in [0.3, 0.4) is 0 Å². The highest BCUT2D eigenvalue weighted by Gasteiger charge is 2.28. The van der Waals surface area contributed by atoms with Gasteiger partial charge in [0.05, 0.1) is 18.8 Å². The van der Waals surface area contributed by atoms with Gasteiger partial charge in [0.2, 0.25) is 5.78 Å². The molecule has 146 valence electrons. The van der Waals surface area contributed by atoms with Crippen molar-refractivity contribution in [1.29, 1.82) is 0 Å². The number of ketones is 1. The number of fused-ring (bicyclic) bond motifs is 1. The third kappa shape index (κ3) is 4.17. The monoisotopic (exact) mass is 382 g/mol. The number of esters is 1. The van der Waals surface area contributed by atoms with Crippen LogP contribution in [-0.4, -0.2) is 31.1 Å². The SMILES string of the molecule is CCOC(=O)[C@H](C)Oc1ccc2c(c1)OC(=Cc1ccccc1OCC)C2=O. The van der Waals surface area contributed by atoms with Gasteiger partial charge in [-0.2, -0.15) is 0 Å². The Hall–Kier alpha value is -3.28. The summed E-state index contributed by atoms with van der Waals surface area (Å²) in [6.45, 7) is 6.04. The van der Waals surface area contributed by atoms with Crippen molar-refractivity contribution in [1.82, 2.24) is 0 Å². The quantitative estimate of drug-likeness (QED) is 0.532. The molecule has 0 aliphatic carbocycles. The van der Waals surface area contributed by atoms with E-state index in [1.165, 1.54) is 0 Å². The van der Waals surface area contributed by atoms with E-state index in [9.17, 15) is 9.59 Å².